The molecule has 11 rings (SSSR count). The lowest BCUT2D eigenvalue weighted by molar-refractivity contribution is -0.297. The molecule has 0 spiro atoms. The molecule has 0 bridgehead atoms. The number of anilines is 4. The number of amides is 4. The van der Waals surface area contributed by atoms with E-state index in [1.807, 2.05) is 109 Å². The summed E-state index contributed by atoms with van der Waals surface area (Å²) >= 11 is 0. The van der Waals surface area contributed by atoms with Crippen LogP contribution in [0.5, 0.6) is 0 Å². The molecule has 2 atom stereocenters. The Balaban J connectivity index is 0.985. The molecule has 0 saturated heterocycles. The second-order valence-electron chi connectivity index (χ2n) is 24.1. The number of fused-ring (bicyclic) bond motifs is 4. The number of rotatable bonds is 26. The number of hydrogen-bond donors (Lipinski definition) is 4. The highest BCUT2D eigenvalue weighted by molar-refractivity contribution is 6.40. The Hall–Kier alpha value is -10.6. The van der Waals surface area contributed by atoms with E-state index in [1.54, 1.807) is 24.3 Å². The first kappa shape index (κ1) is 64.9. The van der Waals surface area contributed by atoms with Crippen molar-refractivity contribution in [3.63, 3.8) is 0 Å². The Morgan fingerprint density at radius 2 is 0.936 bits per heavy atom. The molecule has 4 amide bonds. The van der Waals surface area contributed by atoms with Gasteiger partial charge in [0.25, 0.3) is 0 Å². The molecule has 478 valence electrons. The molecule has 0 saturated carbocycles. The van der Waals surface area contributed by atoms with E-state index in [-0.39, 0.29) is 84.6 Å². The molecule has 0 aromatic heterocycles. The molecule has 94 heavy (non-hydrogen) atoms. The minimum atomic E-state index is -0.621. The Labute approximate surface area is 549 Å². The summed E-state index contributed by atoms with van der Waals surface area (Å²) in [6.07, 6.45) is 11.5. The van der Waals surface area contributed by atoms with Crippen LogP contribution in [-0.4, -0.2) is 61.8 Å². The van der Waals surface area contributed by atoms with E-state index in [0.717, 1.165) is 117 Å². The summed E-state index contributed by atoms with van der Waals surface area (Å²) < 4.78 is 13.2. The normalized spacial score (nSPS) is 14.3. The van der Waals surface area contributed by atoms with Crippen molar-refractivity contribution in [1.29, 1.82) is 0 Å². The van der Waals surface area contributed by atoms with Gasteiger partial charge in [0.2, 0.25) is 28.9 Å². The Morgan fingerprint density at radius 3 is 1.40 bits per heavy atom. The van der Waals surface area contributed by atoms with Crippen LogP contribution in [0.1, 0.15) is 97.5 Å². The zero-order valence-corrected chi connectivity index (χ0v) is 53.8. The van der Waals surface area contributed by atoms with Crippen LogP contribution in [0.15, 0.2) is 229 Å². The van der Waals surface area contributed by atoms with Crippen LogP contribution < -0.4 is 35.8 Å². The first-order valence-corrected chi connectivity index (χ1v) is 33.0. The van der Waals surface area contributed by atoms with Gasteiger partial charge in [0, 0.05) is 102 Å². The lowest BCUT2D eigenvalue weighted by Gasteiger charge is -2.35. The average Bonchev–Trinajstić information content (AvgIpc) is 0.739. The summed E-state index contributed by atoms with van der Waals surface area (Å²) in [7, 11) is 0. The Morgan fingerprint density at radius 1 is 0.500 bits per heavy atom. The van der Waals surface area contributed by atoms with E-state index >= 15 is 9.90 Å². The molecular weight excluding hydrogens is 1170 g/mol. The van der Waals surface area contributed by atoms with E-state index in [1.165, 1.54) is 0 Å². The summed E-state index contributed by atoms with van der Waals surface area (Å²) in [5, 5.41) is 35.0. The predicted molar refractivity (Wildman–Crippen MR) is 378 cm³/mol. The van der Waals surface area contributed by atoms with Gasteiger partial charge in [0.15, 0.2) is 5.78 Å². The maximum atomic E-state index is 15.3. The summed E-state index contributed by atoms with van der Waals surface area (Å²) in [4.78, 5) is 71.8. The predicted octanol–water partition coefficient (Wildman–Crippen LogP) is 16.9. The molecule has 9 aromatic carbocycles. The zero-order chi connectivity index (χ0) is 65.5. The van der Waals surface area contributed by atoms with Gasteiger partial charge in [-0.05, 0) is 122 Å². The third kappa shape index (κ3) is 15.3. The van der Waals surface area contributed by atoms with Crippen molar-refractivity contribution in [3.05, 3.63) is 234 Å². The van der Waals surface area contributed by atoms with Crippen molar-refractivity contribution in [2.24, 2.45) is 11.8 Å². The van der Waals surface area contributed by atoms with Crippen molar-refractivity contribution in [2.45, 2.75) is 91.9 Å². The van der Waals surface area contributed by atoms with Crippen LogP contribution in [0, 0.1) is 11.8 Å². The second-order valence-corrected chi connectivity index (χ2v) is 24.1. The highest BCUT2D eigenvalue weighted by atomic mass is 16.6. The average molecular weight is 1250 g/mol. The highest BCUT2D eigenvalue weighted by Gasteiger charge is 2.36. The lowest BCUT2D eigenvalue weighted by Crippen LogP contribution is -2.35. The van der Waals surface area contributed by atoms with Crippen molar-refractivity contribution in [1.82, 2.24) is 20.5 Å². The molecule has 4 N–H and O–H groups in total. The molecule has 0 fully saturated rings. The van der Waals surface area contributed by atoms with Crippen LogP contribution in [0.4, 0.5) is 43.7 Å². The molecule has 0 heterocycles. The van der Waals surface area contributed by atoms with Gasteiger partial charge in [-0.25, -0.2) is 9.59 Å². The monoisotopic (exact) mass is 1250 g/mol. The fraction of sp³-hybridized carbons (Fsp3) is 0.250. The van der Waals surface area contributed by atoms with Crippen molar-refractivity contribution in [3.8, 4) is 0 Å². The molecular formula is C80H80N6O8. The minimum Gasteiger partial charge on any atom is -0.871 e. The van der Waals surface area contributed by atoms with Gasteiger partial charge in [0.05, 0.1) is 24.6 Å². The number of ketones is 1. The molecule has 2 unspecified atom stereocenters. The maximum Gasteiger partial charge on any atom is 0.407 e. The van der Waals surface area contributed by atoms with Crippen LogP contribution in [0.2, 0.25) is 0 Å². The van der Waals surface area contributed by atoms with Crippen molar-refractivity contribution in [2.75, 3.05) is 36.5 Å². The van der Waals surface area contributed by atoms with Crippen molar-refractivity contribution >= 4 is 118 Å². The van der Waals surface area contributed by atoms with Gasteiger partial charge in [-0.2, -0.15) is 4.58 Å². The van der Waals surface area contributed by atoms with E-state index in [2.05, 4.69) is 131 Å². The summed E-state index contributed by atoms with van der Waals surface area (Å²) in [5.74, 6) is -1.69. The van der Waals surface area contributed by atoms with Crippen LogP contribution >= 0.6 is 0 Å². The first-order chi connectivity index (χ1) is 45.9. The Kier molecular flexibility index (Phi) is 21.2. The quantitative estimate of drug-likeness (QED) is 0.0303. The lowest BCUT2D eigenvalue weighted by atomic mass is 9.78. The fourth-order valence-corrected chi connectivity index (χ4v) is 12.3. The number of unbranched alkanes of at least 4 members (excludes halogenated alkanes) is 2. The standard InChI is InChI=1S/C80H80N6O8/c1-5-9-19-53(7-3)51-93-79(91)81-43-41-73(87)83-71-49-67(85(63-33-29-55-21-11-15-25-59(55)45-63)64-34-30-56-22-12-16-26-60(56)46-64)37-39-69(71)75-77(89)76(78(75)90)70-40-38-68(50-72(70)84-74(88)42-44-82-80(92)94-52-54(8-4)20-10-6-2)86(65-35-31-57-23-13-17-27-61(57)47-65)66-36-32-58-24-14-18-28-62(58)48-66/h11-18,21-40,45-50,53-54H,5-10,19-20,41-44,51-52H2,1-4H3,(H4,81,82,83,84,87,88,89,90,91,92). The third-order valence-corrected chi connectivity index (χ3v) is 17.7. The number of alkyl carbamates (subject to hydrolysis) is 2. The number of allylic oxidation sites excluding steroid dienone is 5. The third-order valence-electron chi connectivity index (χ3n) is 17.7. The van der Waals surface area contributed by atoms with E-state index in [9.17, 15) is 19.2 Å². The maximum absolute atomic E-state index is 15.3. The zero-order valence-electron chi connectivity index (χ0n) is 53.8. The minimum absolute atomic E-state index is 0.0413. The highest BCUT2D eigenvalue weighted by Crippen LogP contribution is 2.45. The molecule has 2 aliphatic rings. The van der Waals surface area contributed by atoms with E-state index in [0.29, 0.717) is 11.4 Å². The van der Waals surface area contributed by atoms with Gasteiger partial charge >= 0.3 is 12.2 Å². The number of carbonyl (C=O) groups is 5. The molecule has 9 aromatic rings. The van der Waals surface area contributed by atoms with Crippen LogP contribution in [-0.2, 0) is 23.9 Å². The van der Waals surface area contributed by atoms with Gasteiger partial charge < -0.3 is 40.7 Å². The topological polar surface area (TPSA) is 181 Å². The van der Waals surface area contributed by atoms with E-state index < -0.39 is 35.5 Å². The smallest absolute Gasteiger partial charge is 0.407 e. The molecule has 2 aliphatic carbocycles. The largest absolute Gasteiger partial charge is 0.871 e. The number of hydrogen-bond acceptors (Lipinski definition) is 9. The molecule has 0 radical (unpaired) electrons. The SMILES string of the molecule is CCCCC(CC)COC(=O)NCCC(=O)NC1=CC(=[N+](c2ccc3ccccc3c2)c2ccc3ccccc3c2)C=CC1=C1C(=O)C(c2ccc(N(c3ccc4ccccc4c3)c3ccc4ccccc4c3)cc2NC(=O)CCNC(=O)OCC(CC)CCCC)=C1[O-]. The van der Waals surface area contributed by atoms with Gasteiger partial charge in [0.1, 0.15) is 0 Å². The van der Waals surface area contributed by atoms with Gasteiger partial charge in [-0.3, -0.25) is 14.4 Å². The number of benzene rings is 9. The summed E-state index contributed by atoms with van der Waals surface area (Å²) in [5.41, 5.74) is 4.94. The second kappa shape index (κ2) is 30.7. The van der Waals surface area contributed by atoms with Gasteiger partial charge in [-0.1, -0.05) is 187 Å². The molecule has 14 heteroatoms. The Bertz CT molecular complexity index is 4340. The number of Topliss-reactive ketones (excluding diaryl/α,β-unsaturated/α-hetero) is 1. The fourth-order valence-electron chi connectivity index (χ4n) is 12.3. The number of ether oxygens (including phenoxy) is 2. The summed E-state index contributed by atoms with van der Waals surface area (Å²) in [6, 6.07) is 62.3. The summed E-state index contributed by atoms with van der Waals surface area (Å²) in [6.45, 7) is 8.87. The number of carbonyl (C=O) groups excluding carboxylic acids is 5. The van der Waals surface area contributed by atoms with Crippen molar-refractivity contribution < 1.29 is 38.6 Å². The molecule has 14 nitrogen and oxygen atoms in total. The number of nitrogens with zero attached hydrogens (tertiary/aromatic N) is 2. The van der Waals surface area contributed by atoms with E-state index in [4.69, 9.17) is 9.47 Å². The van der Waals surface area contributed by atoms with Crippen LogP contribution in [0.3, 0.4) is 0 Å². The van der Waals surface area contributed by atoms with Crippen LogP contribution in [0.25, 0.3) is 48.7 Å². The molecule has 0 aliphatic heterocycles. The first-order valence-electron chi connectivity index (χ1n) is 33.0. The number of nitrogens with one attached hydrogen (secondary N) is 4. The van der Waals surface area contributed by atoms with Gasteiger partial charge in [-0.15, -0.1) is 0 Å².